The average molecular weight is 299 g/mol. The molecule has 1 aromatic carbocycles. The highest BCUT2D eigenvalue weighted by atomic mass is 79.9. The molecule has 0 fully saturated rings. The molecule has 0 aromatic heterocycles. The molecule has 0 aliphatic rings. The largest absolute Gasteiger partial charge is 0.398 e. The minimum Gasteiger partial charge on any atom is -0.398 e. The van der Waals surface area contributed by atoms with E-state index >= 15 is 0 Å². The van der Waals surface area contributed by atoms with Crippen LogP contribution in [0.15, 0.2) is 22.7 Å². The lowest BCUT2D eigenvalue weighted by Gasteiger charge is -2.24. The summed E-state index contributed by atoms with van der Waals surface area (Å²) in [6, 6.07) is 6.20. The number of benzene rings is 1. The number of rotatable bonds is 6. The van der Waals surface area contributed by atoms with Crippen molar-refractivity contribution < 1.29 is 0 Å². The van der Waals surface area contributed by atoms with Crippen LogP contribution in [-0.2, 0) is 6.54 Å². The number of halogens is 1. The lowest BCUT2D eigenvalue weighted by atomic mass is 10.1. The first-order valence-electron chi connectivity index (χ1n) is 6.33. The van der Waals surface area contributed by atoms with Gasteiger partial charge < -0.3 is 5.73 Å². The fourth-order valence-electron chi connectivity index (χ4n) is 1.80. The fraction of sp³-hybridized carbons (Fsp3) is 0.571. The number of nitrogens with two attached hydrogens (primary N) is 1. The Hall–Kier alpha value is -0.540. The molecule has 3 heteroatoms. The minimum absolute atomic E-state index is 0.757. The van der Waals surface area contributed by atoms with Gasteiger partial charge in [0.05, 0.1) is 0 Å². The van der Waals surface area contributed by atoms with E-state index in [1.807, 2.05) is 6.07 Å². The van der Waals surface area contributed by atoms with Crippen molar-refractivity contribution in [1.82, 2.24) is 4.90 Å². The standard InChI is InChI=1S/C14H23BrN2/c1-4-11(3)9-17(5-2)10-12-6-7-14(16)13(15)8-12/h6-8,11H,4-5,9-10,16H2,1-3H3. The van der Waals surface area contributed by atoms with Gasteiger partial charge in [-0.1, -0.05) is 33.3 Å². The lowest BCUT2D eigenvalue weighted by Crippen LogP contribution is -2.27. The molecule has 0 heterocycles. The van der Waals surface area contributed by atoms with E-state index in [1.165, 1.54) is 12.0 Å². The Bertz CT molecular complexity index is 352. The zero-order chi connectivity index (χ0) is 12.8. The van der Waals surface area contributed by atoms with Gasteiger partial charge in [0.25, 0.3) is 0 Å². The van der Waals surface area contributed by atoms with E-state index < -0.39 is 0 Å². The summed E-state index contributed by atoms with van der Waals surface area (Å²) in [5.41, 5.74) is 7.91. The molecule has 2 N–H and O–H groups in total. The van der Waals surface area contributed by atoms with E-state index in [0.29, 0.717) is 0 Å². The second-order valence-electron chi connectivity index (χ2n) is 4.70. The van der Waals surface area contributed by atoms with Crippen LogP contribution in [0.4, 0.5) is 5.69 Å². The number of hydrogen-bond donors (Lipinski definition) is 1. The highest BCUT2D eigenvalue weighted by molar-refractivity contribution is 9.10. The van der Waals surface area contributed by atoms with Crippen molar-refractivity contribution in [3.8, 4) is 0 Å². The number of hydrogen-bond acceptors (Lipinski definition) is 2. The minimum atomic E-state index is 0.757. The molecule has 0 bridgehead atoms. The maximum absolute atomic E-state index is 5.79. The second kappa shape index (κ2) is 7.02. The Kier molecular flexibility index (Phi) is 6.00. The molecule has 0 spiro atoms. The number of nitrogens with zero attached hydrogens (tertiary/aromatic N) is 1. The van der Waals surface area contributed by atoms with Gasteiger partial charge >= 0.3 is 0 Å². The molecule has 1 rings (SSSR count). The van der Waals surface area contributed by atoms with Crippen LogP contribution in [0, 0.1) is 5.92 Å². The molecule has 1 unspecified atom stereocenters. The van der Waals surface area contributed by atoms with Gasteiger partial charge in [-0.15, -0.1) is 0 Å². The monoisotopic (exact) mass is 298 g/mol. The van der Waals surface area contributed by atoms with Crippen LogP contribution in [0.25, 0.3) is 0 Å². The Morgan fingerprint density at radius 3 is 2.59 bits per heavy atom. The third-order valence-electron chi connectivity index (χ3n) is 3.19. The van der Waals surface area contributed by atoms with Crippen molar-refractivity contribution in [3.63, 3.8) is 0 Å². The van der Waals surface area contributed by atoms with Gasteiger partial charge in [0.15, 0.2) is 0 Å². The van der Waals surface area contributed by atoms with E-state index in [1.54, 1.807) is 0 Å². The first-order valence-corrected chi connectivity index (χ1v) is 7.12. The summed E-state index contributed by atoms with van der Waals surface area (Å²) in [6.45, 7) is 10.0. The smallest absolute Gasteiger partial charge is 0.0458 e. The van der Waals surface area contributed by atoms with E-state index in [0.717, 1.165) is 35.7 Å². The van der Waals surface area contributed by atoms with Gasteiger partial charge in [-0.05, 0) is 46.1 Å². The quantitative estimate of drug-likeness (QED) is 0.807. The Balaban J connectivity index is 2.63. The molecule has 1 atom stereocenters. The van der Waals surface area contributed by atoms with Crippen LogP contribution >= 0.6 is 15.9 Å². The average Bonchev–Trinajstić information content (AvgIpc) is 2.32. The lowest BCUT2D eigenvalue weighted by molar-refractivity contribution is 0.238. The van der Waals surface area contributed by atoms with Crippen molar-refractivity contribution in [3.05, 3.63) is 28.2 Å². The van der Waals surface area contributed by atoms with Gasteiger partial charge in [0.1, 0.15) is 0 Å². The van der Waals surface area contributed by atoms with Gasteiger partial charge in [0.2, 0.25) is 0 Å². The first kappa shape index (κ1) is 14.5. The summed E-state index contributed by atoms with van der Waals surface area (Å²) in [5.74, 6) is 0.757. The number of anilines is 1. The van der Waals surface area contributed by atoms with Crippen LogP contribution in [0.1, 0.15) is 32.8 Å². The van der Waals surface area contributed by atoms with Crippen molar-refractivity contribution in [1.29, 1.82) is 0 Å². The van der Waals surface area contributed by atoms with E-state index in [9.17, 15) is 0 Å². The van der Waals surface area contributed by atoms with Crippen molar-refractivity contribution >= 4 is 21.6 Å². The summed E-state index contributed by atoms with van der Waals surface area (Å²) in [6.07, 6.45) is 1.24. The summed E-state index contributed by atoms with van der Waals surface area (Å²) in [5, 5.41) is 0. The Morgan fingerprint density at radius 1 is 1.35 bits per heavy atom. The summed E-state index contributed by atoms with van der Waals surface area (Å²) in [4.78, 5) is 2.48. The van der Waals surface area contributed by atoms with Gasteiger partial charge in [-0.2, -0.15) is 0 Å². The Labute approximate surface area is 113 Å². The van der Waals surface area contributed by atoms with Crippen molar-refractivity contribution in [2.24, 2.45) is 5.92 Å². The molecule has 0 aliphatic carbocycles. The molecule has 0 saturated carbocycles. The normalized spacial score (nSPS) is 13.0. The molecule has 0 radical (unpaired) electrons. The van der Waals surface area contributed by atoms with Crippen LogP contribution < -0.4 is 5.73 Å². The van der Waals surface area contributed by atoms with Crippen molar-refractivity contribution in [2.75, 3.05) is 18.8 Å². The topological polar surface area (TPSA) is 29.3 Å². The van der Waals surface area contributed by atoms with Crippen LogP contribution in [0.2, 0.25) is 0 Å². The van der Waals surface area contributed by atoms with Gasteiger partial charge in [0, 0.05) is 23.2 Å². The molecule has 0 saturated heterocycles. The highest BCUT2D eigenvalue weighted by Crippen LogP contribution is 2.21. The molecule has 0 aliphatic heterocycles. The molecule has 17 heavy (non-hydrogen) atoms. The Morgan fingerprint density at radius 2 is 2.06 bits per heavy atom. The highest BCUT2D eigenvalue weighted by Gasteiger charge is 2.08. The third kappa shape index (κ3) is 4.68. The third-order valence-corrected chi connectivity index (χ3v) is 3.87. The predicted octanol–water partition coefficient (Wildman–Crippen LogP) is 3.90. The molecule has 96 valence electrons. The zero-order valence-electron chi connectivity index (χ0n) is 11.0. The zero-order valence-corrected chi connectivity index (χ0v) is 12.6. The molecular weight excluding hydrogens is 276 g/mol. The summed E-state index contributed by atoms with van der Waals surface area (Å²) < 4.78 is 0.995. The van der Waals surface area contributed by atoms with E-state index in [4.69, 9.17) is 5.73 Å². The predicted molar refractivity (Wildman–Crippen MR) is 79.0 cm³/mol. The summed E-state index contributed by atoms with van der Waals surface area (Å²) in [7, 11) is 0. The number of nitrogen functional groups attached to an aromatic ring is 1. The molecule has 1 aromatic rings. The molecule has 2 nitrogen and oxygen atoms in total. The van der Waals surface area contributed by atoms with Crippen LogP contribution in [0.3, 0.4) is 0 Å². The van der Waals surface area contributed by atoms with Crippen molar-refractivity contribution in [2.45, 2.75) is 33.7 Å². The molecular formula is C14H23BrN2. The maximum atomic E-state index is 5.79. The van der Waals surface area contributed by atoms with Crippen LogP contribution in [0.5, 0.6) is 0 Å². The van der Waals surface area contributed by atoms with E-state index in [2.05, 4.69) is 53.7 Å². The van der Waals surface area contributed by atoms with Gasteiger partial charge in [-0.25, -0.2) is 0 Å². The second-order valence-corrected chi connectivity index (χ2v) is 5.55. The summed E-state index contributed by atoms with van der Waals surface area (Å²) >= 11 is 3.48. The molecule has 0 amide bonds. The maximum Gasteiger partial charge on any atom is 0.0458 e. The SMILES string of the molecule is CCC(C)CN(CC)Cc1ccc(N)c(Br)c1. The first-order chi connectivity index (χ1) is 8.06. The van der Waals surface area contributed by atoms with Gasteiger partial charge in [-0.3, -0.25) is 4.90 Å². The van der Waals surface area contributed by atoms with E-state index in [-0.39, 0.29) is 0 Å². The van der Waals surface area contributed by atoms with Crippen LogP contribution in [-0.4, -0.2) is 18.0 Å². The fourth-order valence-corrected chi connectivity index (χ4v) is 2.23.